The molecule has 0 saturated heterocycles. The molecule has 9 nitrogen and oxygen atoms in total. The fourth-order valence-corrected chi connectivity index (χ4v) is 2.26. The Kier molecular flexibility index (Phi) is 9.73. The van der Waals surface area contributed by atoms with E-state index in [1.165, 1.54) is 6.07 Å². The molecule has 1 aromatic rings. The predicted molar refractivity (Wildman–Crippen MR) is 89.1 cm³/mol. The van der Waals surface area contributed by atoms with Crippen LogP contribution in [0.15, 0.2) is 24.3 Å². The van der Waals surface area contributed by atoms with Crippen LogP contribution >= 0.6 is 0 Å². The second kappa shape index (κ2) is 11.8. The number of hydrogen-bond acceptors (Lipinski definition) is 7. The topological polar surface area (TPSA) is 131 Å². The summed E-state index contributed by atoms with van der Waals surface area (Å²) in [6, 6.07) is 6.47. The zero-order valence-corrected chi connectivity index (χ0v) is 14.5. The highest BCUT2D eigenvalue weighted by molar-refractivity contribution is 5.87. The van der Waals surface area contributed by atoms with Gasteiger partial charge in [0.05, 0.1) is 18.8 Å². The quantitative estimate of drug-likeness (QED) is 0.321. The van der Waals surface area contributed by atoms with Gasteiger partial charge in [0.2, 0.25) is 0 Å². The molecule has 1 amide bonds. The van der Waals surface area contributed by atoms with Crippen LogP contribution in [0.4, 0.5) is 4.79 Å². The molecule has 1 rings (SSSR count). The summed E-state index contributed by atoms with van der Waals surface area (Å²) < 4.78 is 9.52. The van der Waals surface area contributed by atoms with E-state index in [2.05, 4.69) is 9.57 Å². The van der Waals surface area contributed by atoms with Gasteiger partial charge in [-0.25, -0.2) is 9.59 Å². The van der Waals surface area contributed by atoms with Crippen LogP contribution in [0.3, 0.4) is 0 Å². The van der Waals surface area contributed by atoms with Crippen molar-refractivity contribution in [1.82, 2.24) is 5.48 Å². The minimum absolute atomic E-state index is 0.0531. The average molecular weight is 369 g/mol. The molecule has 0 heterocycles. The van der Waals surface area contributed by atoms with E-state index in [-0.39, 0.29) is 31.1 Å². The first kappa shape index (κ1) is 21.4. The van der Waals surface area contributed by atoms with E-state index in [0.29, 0.717) is 12.8 Å². The van der Waals surface area contributed by atoms with Gasteiger partial charge in [-0.2, -0.15) is 5.48 Å². The first-order valence-electron chi connectivity index (χ1n) is 8.09. The molecule has 9 heteroatoms. The molecule has 0 saturated carbocycles. The Bertz CT molecular complexity index is 604. The van der Waals surface area contributed by atoms with E-state index in [4.69, 9.17) is 14.9 Å². The SMILES string of the molecule is CCOC(=O)ONC(=O)CCC(COCO)Cc1cccc(C(=O)O)c1. The highest BCUT2D eigenvalue weighted by atomic mass is 16.8. The van der Waals surface area contributed by atoms with Crippen LogP contribution in [0.2, 0.25) is 0 Å². The van der Waals surface area contributed by atoms with Crippen molar-refractivity contribution in [2.45, 2.75) is 26.2 Å². The van der Waals surface area contributed by atoms with E-state index in [0.717, 1.165) is 5.56 Å². The lowest BCUT2D eigenvalue weighted by Gasteiger charge is -2.16. The van der Waals surface area contributed by atoms with E-state index in [1.807, 2.05) is 5.48 Å². The number of aromatic carboxylic acids is 1. The molecule has 1 unspecified atom stereocenters. The molecule has 0 radical (unpaired) electrons. The number of carboxylic acids is 1. The van der Waals surface area contributed by atoms with E-state index < -0.39 is 24.8 Å². The maximum absolute atomic E-state index is 11.7. The molecule has 26 heavy (non-hydrogen) atoms. The molecule has 144 valence electrons. The number of amides is 1. The highest BCUT2D eigenvalue weighted by Crippen LogP contribution is 2.16. The van der Waals surface area contributed by atoms with Gasteiger partial charge in [0.25, 0.3) is 5.91 Å². The molecule has 0 aliphatic heterocycles. The fraction of sp³-hybridized carbons (Fsp3) is 0.471. The fourth-order valence-electron chi connectivity index (χ4n) is 2.26. The largest absolute Gasteiger partial charge is 0.533 e. The molecule has 0 spiro atoms. The number of aliphatic hydroxyl groups is 1. The molecule has 0 bridgehead atoms. The number of carbonyl (C=O) groups is 3. The van der Waals surface area contributed by atoms with Gasteiger partial charge in [0.15, 0.2) is 0 Å². The Balaban J connectivity index is 2.55. The number of rotatable bonds is 10. The van der Waals surface area contributed by atoms with E-state index >= 15 is 0 Å². The van der Waals surface area contributed by atoms with Gasteiger partial charge in [0, 0.05) is 6.42 Å². The molecular formula is C17H23NO8. The first-order valence-corrected chi connectivity index (χ1v) is 8.09. The number of aliphatic hydroxyl groups excluding tert-OH is 1. The van der Waals surface area contributed by atoms with Crippen molar-refractivity contribution in [1.29, 1.82) is 0 Å². The van der Waals surface area contributed by atoms with Gasteiger partial charge >= 0.3 is 12.1 Å². The van der Waals surface area contributed by atoms with Crippen LogP contribution in [0.25, 0.3) is 0 Å². The summed E-state index contributed by atoms with van der Waals surface area (Å²) in [4.78, 5) is 38.2. The van der Waals surface area contributed by atoms with Gasteiger partial charge in [-0.3, -0.25) is 4.79 Å². The number of benzene rings is 1. The summed E-state index contributed by atoms with van der Waals surface area (Å²) >= 11 is 0. The van der Waals surface area contributed by atoms with E-state index in [1.54, 1.807) is 25.1 Å². The highest BCUT2D eigenvalue weighted by Gasteiger charge is 2.15. The van der Waals surface area contributed by atoms with Gasteiger partial charge < -0.3 is 24.5 Å². The van der Waals surface area contributed by atoms with Gasteiger partial charge in [-0.1, -0.05) is 12.1 Å². The first-order chi connectivity index (χ1) is 12.5. The van der Waals surface area contributed by atoms with Crippen molar-refractivity contribution in [2.75, 3.05) is 20.0 Å². The lowest BCUT2D eigenvalue weighted by atomic mass is 9.94. The monoisotopic (exact) mass is 369 g/mol. The number of ether oxygens (including phenoxy) is 2. The van der Waals surface area contributed by atoms with Crippen molar-refractivity contribution in [3.8, 4) is 0 Å². The van der Waals surface area contributed by atoms with Crippen molar-refractivity contribution >= 4 is 18.0 Å². The lowest BCUT2D eigenvalue weighted by Crippen LogP contribution is -2.28. The minimum atomic E-state index is -1.02. The second-order valence-corrected chi connectivity index (χ2v) is 5.42. The Morgan fingerprint density at radius 3 is 2.69 bits per heavy atom. The minimum Gasteiger partial charge on any atom is -0.478 e. The molecule has 0 fully saturated rings. The van der Waals surface area contributed by atoms with Crippen molar-refractivity contribution < 1.29 is 38.9 Å². The summed E-state index contributed by atoms with van der Waals surface area (Å²) in [7, 11) is 0. The summed E-state index contributed by atoms with van der Waals surface area (Å²) in [5.74, 6) is -1.67. The zero-order valence-electron chi connectivity index (χ0n) is 14.5. The number of carbonyl (C=O) groups excluding carboxylic acids is 2. The molecule has 0 aromatic heterocycles. The Hall–Kier alpha value is -2.65. The van der Waals surface area contributed by atoms with Crippen molar-refractivity contribution in [3.05, 3.63) is 35.4 Å². The Morgan fingerprint density at radius 1 is 1.27 bits per heavy atom. The molecule has 0 aliphatic carbocycles. The lowest BCUT2D eigenvalue weighted by molar-refractivity contribution is -0.131. The second-order valence-electron chi connectivity index (χ2n) is 5.42. The van der Waals surface area contributed by atoms with Crippen LogP contribution in [-0.4, -0.2) is 48.3 Å². The molecule has 1 atom stereocenters. The summed E-state index contributed by atoms with van der Waals surface area (Å²) in [6.45, 7) is 1.47. The van der Waals surface area contributed by atoms with Crippen LogP contribution in [0.1, 0.15) is 35.7 Å². The number of nitrogens with one attached hydrogen (secondary N) is 1. The van der Waals surface area contributed by atoms with Crippen LogP contribution in [0.5, 0.6) is 0 Å². The Labute approximate surface area is 150 Å². The number of hydrogen-bond donors (Lipinski definition) is 3. The summed E-state index contributed by atoms with van der Waals surface area (Å²) in [6.07, 6.45) is -0.0913. The van der Waals surface area contributed by atoms with Crippen molar-refractivity contribution in [2.24, 2.45) is 5.92 Å². The number of hydroxylamine groups is 1. The zero-order chi connectivity index (χ0) is 19.4. The third-order valence-electron chi connectivity index (χ3n) is 3.43. The van der Waals surface area contributed by atoms with Crippen LogP contribution < -0.4 is 5.48 Å². The molecule has 3 N–H and O–H groups in total. The van der Waals surface area contributed by atoms with Crippen LogP contribution in [-0.2, 0) is 25.5 Å². The smallest absolute Gasteiger partial charge is 0.478 e. The maximum Gasteiger partial charge on any atom is 0.533 e. The average Bonchev–Trinajstić information content (AvgIpc) is 2.62. The summed E-state index contributed by atoms with van der Waals surface area (Å²) in [5, 5.41) is 17.9. The molecule has 1 aromatic carbocycles. The van der Waals surface area contributed by atoms with Gasteiger partial charge in [-0.05, 0) is 43.4 Å². The maximum atomic E-state index is 11.7. The number of carboxylic acid groups (broad SMARTS) is 1. The van der Waals surface area contributed by atoms with Gasteiger partial charge in [0.1, 0.15) is 6.79 Å². The third-order valence-corrected chi connectivity index (χ3v) is 3.43. The molecular weight excluding hydrogens is 346 g/mol. The summed E-state index contributed by atoms with van der Waals surface area (Å²) in [5.41, 5.74) is 2.93. The third kappa shape index (κ3) is 8.45. The molecule has 0 aliphatic rings. The van der Waals surface area contributed by atoms with E-state index in [9.17, 15) is 14.4 Å². The normalized spacial score (nSPS) is 11.5. The Morgan fingerprint density at radius 2 is 2.04 bits per heavy atom. The standard InChI is InChI=1S/C17H23NO8/c1-2-25-17(23)26-18-15(20)7-6-13(10-24-11-19)8-12-4-3-5-14(9-12)16(21)22/h3-5,9,13,19H,2,6-8,10-11H2,1H3,(H,18,20)(H,21,22). The predicted octanol–water partition coefficient (Wildman–Crippen LogP) is 1.49. The van der Waals surface area contributed by atoms with Crippen LogP contribution in [0, 0.1) is 5.92 Å². The van der Waals surface area contributed by atoms with Gasteiger partial charge in [-0.15, -0.1) is 0 Å². The van der Waals surface area contributed by atoms with Crippen molar-refractivity contribution in [3.63, 3.8) is 0 Å².